The lowest BCUT2D eigenvalue weighted by molar-refractivity contribution is -0.0494. The van der Waals surface area contributed by atoms with Crippen molar-refractivity contribution < 1.29 is 18.3 Å². The van der Waals surface area contributed by atoms with Gasteiger partial charge in [-0.25, -0.2) is 9.97 Å². The predicted octanol–water partition coefficient (Wildman–Crippen LogP) is 2.30. The zero-order chi connectivity index (χ0) is 20.4. The summed E-state index contributed by atoms with van der Waals surface area (Å²) in [6, 6.07) is 4.17. The van der Waals surface area contributed by atoms with Gasteiger partial charge in [0.25, 0.3) is 0 Å². The Morgan fingerprint density at radius 1 is 1.20 bits per heavy atom. The summed E-state index contributed by atoms with van der Waals surface area (Å²) in [6.07, 6.45) is 5.11. The lowest BCUT2D eigenvalue weighted by Crippen LogP contribution is -2.38. The van der Waals surface area contributed by atoms with Crippen molar-refractivity contribution in [3.63, 3.8) is 0 Å². The number of fused-ring (bicyclic) bond motifs is 3. The number of halogens is 2. The molecule has 4 atom stereocenters. The van der Waals surface area contributed by atoms with Gasteiger partial charge >= 0.3 is 6.61 Å². The summed E-state index contributed by atoms with van der Waals surface area (Å²) < 4.78 is 35.8. The van der Waals surface area contributed by atoms with Gasteiger partial charge in [0.05, 0.1) is 24.4 Å². The van der Waals surface area contributed by atoms with Crippen molar-refractivity contribution in [1.29, 1.82) is 0 Å². The molecule has 2 aromatic heterocycles. The molecule has 1 aliphatic carbocycles. The molecular weight excluding hydrogens is 394 g/mol. The number of ether oxygens (including phenoxy) is 2. The van der Waals surface area contributed by atoms with Crippen LogP contribution in [0.1, 0.15) is 19.3 Å². The summed E-state index contributed by atoms with van der Waals surface area (Å²) in [6.45, 7) is -0.541. The minimum atomic E-state index is -2.97. The minimum Gasteiger partial charge on any atom is -0.431 e. The van der Waals surface area contributed by atoms with E-state index in [9.17, 15) is 8.78 Å². The maximum atomic E-state index is 12.7. The number of rotatable bonds is 5. The van der Waals surface area contributed by atoms with Crippen molar-refractivity contribution in [1.82, 2.24) is 15.0 Å². The molecule has 0 amide bonds. The van der Waals surface area contributed by atoms with Gasteiger partial charge in [-0.2, -0.15) is 13.8 Å². The van der Waals surface area contributed by atoms with Crippen LogP contribution in [0.4, 0.5) is 26.4 Å². The Balaban J connectivity index is 1.41. The number of piperidine rings is 1. The fraction of sp³-hybridized carbons (Fsp3) is 0.550. The van der Waals surface area contributed by atoms with Gasteiger partial charge in [-0.1, -0.05) is 0 Å². The topological polar surface area (TPSA) is 89.6 Å². The molecule has 0 unspecified atom stereocenters. The van der Waals surface area contributed by atoms with Gasteiger partial charge < -0.3 is 25.0 Å². The normalized spacial score (nSPS) is 29.0. The van der Waals surface area contributed by atoms with Crippen LogP contribution in [0.2, 0.25) is 0 Å². The maximum absolute atomic E-state index is 12.7. The summed E-state index contributed by atoms with van der Waals surface area (Å²) in [7, 11) is 0. The van der Waals surface area contributed by atoms with Gasteiger partial charge in [0.2, 0.25) is 5.95 Å². The second-order valence-corrected chi connectivity index (χ2v) is 8.44. The second kappa shape index (κ2) is 6.63. The number of hydrogen-bond donors (Lipinski definition) is 1. The number of hydrogen-bond acceptors (Lipinski definition) is 8. The van der Waals surface area contributed by atoms with E-state index < -0.39 is 6.61 Å². The van der Waals surface area contributed by atoms with Crippen LogP contribution in [0, 0.1) is 5.92 Å². The van der Waals surface area contributed by atoms with E-state index in [1.165, 1.54) is 18.7 Å². The average molecular weight is 416 g/mol. The number of nitrogens with zero attached hydrogens (tertiary/aromatic N) is 5. The molecule has 2 bridgehead atoms. The zero-order valence-corrected chi connectivity index (χ0v) is 16.2. The fourth-order valence-corrected chi connectivity index (χ4v) is 4.95. The van der Waals surface area contributed by atoms with Crippen LogP contribution in [-0.4, -0.2) is 59.4 Å². The first-order chi connectivity index (χ1) is 14.5. The lowest BCUT2D eigenvalue weighted by Gasteiger charge is -2.29. The molecule has 8 nitrogen and oxygen atoms in total. The van der Waals surface area contributed by atoms with Crippen LogP contribution in [0.15, 0.2) is 18.3 Å². The molecule has 4 fully saturated rings. The molecule has 3 saturated heterocycles. The van der Waals surface area contributed by atoms with E-state index in [0.717, 1.165) is 37.7 Å². The molecular formula is C20H22F2N6O2. The summed E-state index contributed by atoms with van der Waals surface area (Å²) in [4.78, 5) is 18.2. The summed E-state index contributed by atoms with van der Waals surface area (Å²) in [5.41, 5.74) is 6.89. The van der Waals surface area contributed by atoms with E-state index in [2.05, 4.69) is 19.5 Å². The van der Waals surface area contributed by atoms with Gasteiger partial charge in [0.1, 0.15) is 5.82 Å². The smallest absolute Gasteiger partial charge is 0.387 e. The van der Waals surface area contributed by atoms with E-state index in [4.69, 9.17) is 20.4 Å². The number of alkyl halides is 2. The molecule has 4 aliphatic rings. The van der Waals surface area contributed by atoms with E-state index in [0.29, 0.717) is 35.9 Å². The predicted molar refractivity (Wildman–Crippen MR) is 106 cm³/mol. The SMILES string of the molecule is Nc1ncc(-c2cc(N3C[C@@H]4C[C@H]3CO4)nc(N3CC[C@@H]4C[C@@H]43)n2)cc1OC(F)F. The number of pyridine rings is 1. The Kier molecular flexibility index (Phi) is 3.99. The van der Waals surface area contributed by atoms with Crippen LogP contribution in [0.5, 0.6) is 5.75 Å². The highest BCUT2D eigenvalue weighted by atomic mass is 19.3. The molecule has 0 aromatic carbocycles. The fourth-order valence-electron chi connectivity index (χ4n) is 4.95. The average Bonchev–Trinajstić information content (AvgIpc) is 3.10. The monoisotopic (exact) mass is 416 g/mol. The van der Waals surface area contributed by atoms with E-state index in [-0.39, 0.29) is 17.7 Å². The molecule has 2 N–H and O–H groups in total. The highest BCUT2D eigenvalue weighted by molar-refractivity contribution is 5.68. The maximum Gasteiger partial charge on any atom is 0.387 e. The van der Waals surface area contributed by atoms with Crippen molar-refractivity contribution >= 4 is 17.6 Å². The first-order valence-electron chi connectivity index (χ1n) is 10.3. The van der Waals surface area contributed by atoms with Crippen molar-refractivity contribution in [3.05, 3.63) is 18.3 Å². The molecule has 0 spiro atoms. The third-order valence-electron chi connectivity index (χ3n) is 6.57. The third kappa shape index (κ3) is 3.01. The Labute approximate surface area is 172 Å². The van der Waals surface area contributed by atoms with Gasteiger partial charge in [0.15, 0.2) is 11.6 Å². The molecule has 3 aliphatic heterocycles. The number of nitrogens with two attached hydrogens (primary N) is 1. The minimum absolute atomic E-state index is 0.0806. The van der Waals surface area contributed by atoms with Gasteiger partial charge in [0, 0.05) is 37.0 Å². The van der Waals surface area contributed by atoms with E-state index >= 15 is 0 Å². The molecule has 1 saturated carbocycles. The highest BCUT2D eigenvalue weighted by Crippen LogP contribution is 2.46. The third-order valence-corrected chi connectivity index (χ3v) is 6.57. The Bertz CT molecular complexity index is 992. The summed E-state index contributed by atoms with van der Waals surface area (Å²) >= 11 is 0. The quantitative estimate of drug-likeness (QED) is 0.794. The summed E-state index contributed by atoms with van der Waals surface area (Å²) in [5.74, 6) is 2.03. The number of nitrogen functional groups attached to an aromatic ring is 1. The zero-order valence-electron chi connectivity index (χ0n) is 16.2. The van der Waals surface area contributed by atoms with Crippen molar-refractivity contribution in [2.45, 2.75) is 44.1 Å². The molecule has 158 valence electrons. The lowest BCUT2D eigenvalue weighted by atomic mass is 10.2. The Hall–Kier alpha value is -2.75. The van der Waals surface area contributed by atoms with Gasteiger partial charge in [-0.3, -0.25) is 0 Å². The van der Waals surface area contributed by atoms with Crippen molar-refractivity contribution in [2.75, 3.05) is 35.2 Å². The molecule has 5 heterocycles. The largest absolute Gasteiger partial charge is 0.431 e. The highest BCUT2D eigenvalue weighted by Gasteiger charge is 2.48. The molecule has 6 rings (SSSR count). The van der Waals surface area contributed by atoms with Crippen LogP contribution >= 0.6 is 0 Å². The first-order valence-corrected chi connectivity index (χ1v) is 10.3. The first kappa shape index (κ1) is 18.1. The van der Waals surface area contributed by atoms with Crippen LogP contribution in [-0.2, 0) is 4.74 Å². The molecule has 10 heteroatoms. The van der Waals surface area contributed by atoms with E-state index in [1.54, 1.807) is 0 Å². The molecule has 30 heavy (non-hydrogen) atoms. The number of morpholine rings is 1. The van der Waals surface area contributed by atoms with Crippen molar-refractivity contribution in [3.8, 4) is 17.0 Å². The van der Waals surface area contributed by atoms with Gasteiger partial charge in [-0.05, 0) is 31.2 Å². The molecule has 2 aromatic rings. The van der Waals surface area contributed by atoms with Crippen molar-refractivity contribution in [2.24, 2.45) is 5.92 Å². The molecule has 0 radical (unpaired) electrons. The van der Waals surface area contributed by atoms with Crippen LogP contribution < -0.4 is 20.3 Å². The second-order valence-electron chi connectivity index (χ2n) is 8.44. The standard InChI is InChI=1S/C20H22F2N6O2/c21-19(22)30-16-4-11(7-24-18(16)23)14-6-17(28-8-13-5-12(28)9-29-13)26-20(25-14)27-2-1-10-3-15(10)27/h4,6-7,10,12-13,15,19H,1-3,5,8-9H2,(H2,23,24)/t10-,12+,13+,15+/m1/s1. The Morgan fingerprint density at radius 2 is 2.10 bits per heavy atom. The summed E-state index contributed by atoms with van der Waals surface area (Å²) in [5, 5.41) is 0. The van der Waals surface area contributed by atoms with E-state index in [1.807, 2.05) is 6.07 Å². The Morgan fingerprint density at radius 3 is 2.77 bits per heavy atom. The number of aromatic nitrogens is 3. The van der Waals surface area contributed by atoms with Crippen LogP contribution in [0.25, 0.3) is 11.3 Å². The number of anilines is 3. The van der Waals surface area contributed by atoms with Crippen LogP contribution in [0.3, 0.4) is 0 Å². The van der Waals surface area contributed by atoms with Gasteiger partial charge in [-0.15, -0.1) is 0 Å².